The molecular formula is C30H27NO4. The summed E-state index contributed by atoms with van der Waals surface area (Å²) in [6.45, 7) is 8.29. The Kier molecular flexibility index (Phi) is 5.56. The summed E-state index contributed by atoms with van der Waals surface area (Å²) in [7, 11) is 0. The molecule has 4 aromatic carbocycles. The summed E-state index contributed by atoms with van der Waals surface area (Å²) in [5.74, 6) is 0.856. The first-order valence-corrected chi connectivity index (χ1v) is 11.8. The highest BCUT2D eigenvalue weighted by molar-refractivity contribution is 6.36. The molecule has 1 N–H and O–H groups in total. The first-order chi connectivity index (χ1) is 16.8. The van der Waals surface area contributed by atoms with Crippen LogP contribution in [0.25, 0.3) is 10.8 Å². The molecule has 0 aliphatic carbocycles. The zero-order valence-corrected chi connectivity index (χ0v) is 20.2. The quantitative estimate of drug-likeness (QED) is 0.312. The van der Waals surface area contributed by atoms with Gasteiger partial charge in [-0.05, 0) is 65.4 Å². The van der Waals surface area contributed by atoms with Gasteiger partial charge in [-0.25, -0.2) is 4.90 Å². The third-order valence-electron chi connectivity index (χ3n) is 6.50. The lowest BCUT2D eigenvalue weighted by Crippen LogP contribution is -2.41. The van der Waals surface area contributed by atoms with Crippen LogP contribution >= 0.6 is 0 Å². The number of imide groups is 1. The number of hydrogen-bond donors (Lipinski definition) is 1. The van der Waals surface area contributed by atoms with Crippen molar-refractivity contribution >= 4 is 28.3 Å². The Bertz CT molecular complexity index is 1420. The minimum atomic E-state index is -0.329. The number of rotatable bonds is 5. The van der Waals surface area contributed by atoms with E-state index in [-0.39, 0.29) is 29.4 Å². The number of carbonyl (C=O) groups is 2. The van der Waals surface area contributed by atoms with E-state index in [0.29, 0.717) is 39.1 Å². The molecule has 4 aromatic rings. The van der Waals surface area contributed by atoms with Crippen LogP contribution in [0, 0.1) is 0 Å². The Morgan fingerprint density at radius 3 is 1.89 bits per heavy atom. The van der Waals surface area contributed by atoms with Gasteiger partial charge in [-0.3, -0.25) is 9.59 Å². The van der Waals surface area contributed by atoms with E-state index in [9.17, 15) is 14.7 Å². The van der Waals surface area contributed by atoms with Gasteiger partial charge in [-0.15, -0.1) is 0 Å². The smallest absolute Gasteiger partial charge is 0.266 e. The fourth-order valence-electron chi connectivity index (χ4n) is 4.77. The predicted molar refractivity (Wildman–Crippen MR) is 138 cm³/mol. The van der Waals surface area contributed by atoms with Crippen LogP contribution in [0.2, 0.25) is 0 Å². The predicted octanol–water partition coefficient (Wildman–Crippen LogP) is 7.39. The number of ether oxygens (including phenoxy) is 1. The van der Waals surface area contributed by atoms with Crippen LogP contribution in [0.1, 0.15) is 71.4 Å². The number of amides is 2. The van der Waals surface area contributed by atoms with Gasteiger partial charge in [-0.2, -0.15) is 0 Å². The number of aromatic hydroxyl groups is 1. The maximum absolute atomic E-state index is 13.9. The zero-order valence-electron chi connectivity index (χ0n) is 20.2. The minimum absolute atomic E-state index is 0.141. The number of phenolic OH excluding ortho intramolecular Hbond substituents is 1. The molecule has 0 saturated carbocycles. The average molecular weight is 466 g/mol. The number of nitrogens with zero attached hydrogens (tertiary/aromatic N) is 1. The monoisotopic (exact) mass is 465 g/mol. The molecule has 0 spiro atoms. The Hall–Kier alpha value is -4.12. The highest BCUT2D eigenvalue weighted by Gasteiger charge is 2.37. The first-order valence-electron chi connectivity index (χ1n) is 11.8. The molecule has 0 unspecified atom stereocenters. The summed E-state index contributed by atoms with van der Waals surface area (Å²) >= 11 is 0. The molecule has 35 heavy (non-hydrogen) atoms. The third kappa shape index (κ3) is 3.73. The van der Waals surface area contributed by atoms with Crippen LogP contribution in [0.4, 0.5) is 5.69 Å². The highest BCUT2D eigenvalue weighted by Crippen LogP contribution is 2.42. The van der Waals surface area contributed by atoms with Crippen LogP contribution in [-0.4, -0.2) is 16.9 Å². The number of para-hydroxylation sites is 1. The summed E-state index contributed by atoms with van der Waals surface area (Å²) in [6.07, 6.45) is 0. The van der Waals surface area contributed by atoms with E-state index in [1.165, 1.54) is 4.90 Å². The fourth-order valence-corrected chi connectivity index (χ4v) is 4.77. The maximum atomic E-state index is 13.9. The summed E-state index contributed by atoms with van der Waals surface area (Å²) in [5, 5.41) is 10.8. The summed E-state index contributed by atoms with van der Waals surface area (Å²) in [5.41, 5.74) is 3.59. The number of carbonyl (C=O) groups excluding carboxylic acids is 2. The number of phenols is 1. The molecule has 0 saturated heterocycles. The second-order valence-corrected chi connectivity index (χ2v) is 9.48. The molecule has 1 heterocycles. The van der Waals surface area contributed by atoms with Gasteiger partial charge in [0.2, 0.25) is 0 Å². The van der Waals surface area contributed by atoms with Crippen LogP contribution < -0.4 is 9.64 Å². The third-order valence-corrected chi connectivity index (χ3v) is 6.50. The van der Waals surface area contributed by atoms with Crippen molar-refractivity contribution in [1.29, 1.82) is 0 Å². The van der Waals surface area contributed by atoms with Gasteiger partial charge in [0.15, 0.2) is 0 Å². The molecule has 5 nitrogen and oxygen atoms in total. The number of anilines is 1. The molecule has 0 aromatic heterocycles. The zero-order chi connectivity index (χ0) is 24.9. The Morgan fingerprint density at radius 1 is 0.714 bits per heavy atom. The molecule has 1 aliphatic rings. The molecule has 1 aliphatic heterocycles. The average Bonchev–Trinajstić information content (AvgIpc) is 2.84. The van der Waals surface area contributed by atoms with Crippen LogP contribution in [0.15, 0.2) is 72.8 Å². The van der Waals surface area contributed by atoms with Crippen molar-refractivity contribution < 1.29 is 19.4 Å². The van der Waals surface area contributed by atoms with Crippen molar-refractivity contribution in [1.82, 2.24) is 0 Å². The largest absolute Gasteiger partial charge is 0.508 e. The number of benzene rings is 4. The van der Waals surface area contributed by atoms with Gasteiger partial charge in [0.1, 0.15) is 17.2 Å². The van der Waals surface area contributed by atoms with Crippen LogP contribution in [0.5, 0.6) is 17.2 Å². The Morgan fingerprint density at radius 2 is 1.29 bits per heavy atom. The van der Waals surface area contributed by atoms with Gasteiger partial charge >= 0.3 is 0 Å². The van der Waals surface area contributed by atoms with Crippen LogP contribution in [0.3, 0.4) is 0 Å². The standard InChI is InChI=1S/C30H27NO4/c1-17(2)21-7-5-8-22(18(3)4)28(21)31-29(33)24-10-6-9-23-26(16-15-25(27(23)24)30(31)34)35-20-13-11-19(32)12-14-20/h5-18,32H,1-4H3. The van der Waals surface area contributed by atoms with Crippen molar-refractivity contribution in [2.45, 2.75) is 39.5 Å². The second kappa shape index (κ2) is 8.58. The Labute approximate surface area is 204 Å². The molecule has 0 fully saturated rings. The summed E-state index contributed by atoms with van der Waals surface area (Å²) in [4.78, 5) is 29.2. The molecular weight excluding hydrogens is 438 g/mol. The van der Waals surface area contributed by atoms with Crippen molar-refractivity contribution in [2.24, 2.45) is 0 Å². The van der Waals surface area contributed by atoms with E-state index in [1.807, 2.05) is 30.3 Å². The lowest BCUT2D eigenvalue weighted by atomic mass is 9.88. The molecule has 0 bridgehead atoms. The van der Waals surface area contributed by atoms with E-state index < -0.39 is 0 Å². The van der Waals surface area contributed by atoms with Crippen molar-refractivity contribution in [3.05, 3.63) is 95.1 Å². The second-order valence-electron chi connectivity index (χ2n) is 9.48. The van der Waals surface area contributed by atoms with Crippen molar-refractivity contribution in [2.75, 3.05) is 4.90 Å². The molecule has 176 valence electrons. The highest BCUT2D eigenvalue weighted by atomic mass is 16.5. The number of hydrogen-bond acceptors (Lipinski definition) is 4. The van der Waals surface area contributed by atoms with Crippen molar-refractivity contribution in [3.8, 4) is 17.2 Å². The molecule has 0 radical (unpaired) electrons. The molecule has 5 heteroatoms. The molecule has 5 rings (SSSR count). The Balaban J connectivity index is 1.68. The van der Waals surface area contributed by atoms with E-state index >= 15 is 0 Å². The van der Waals surface area contributed by atoms with E-state index in [0.717, 1.165) is 11.1 Å². The molecule has 2 amide bonds. The topological polar surface area (TPSA) is 66.8 Å². The first kappa shape index (κ1) is 22.7. The van der Waals surface area contributed by atoms with Crippen LogP contribution in [-0.2, 0) is 0 Å². The normalized spacial score (nSPS) is 13.3. The fraction of sp³-hybridized carbons (Fsp3) is 0.200. The summed E-state index contributed by atoms with van der Waals surface area (Å²) in [6, 6.07) is 21.3. The van der Waals surface area contributed by atoms with E-state index in [2.05, 4.69) is 27.7 Å². The van der Waals surface area contributed by atoms with Gasteiger partial charge in [0.25, 0.3) is 11.8 Å². The molecule has 0 atom stereocenters. The lowest BCUT2D eigenvalue weighted by Gasteiger charge is -2.32. The summed E-state index contributed by atoms with van der Waals surface area (Å²) < 4.78 is 6.06. The minimum Gasteiger partial charge on any atom is -0.508 e. The van der Waals surface area contributed by atoms with Gasteiger partial charge in [0, 0.05) is 21.9 Å². The van der Waals surface area contributed by atoms with Gasteiger partial charge in [0.05, 0.1) is 5.69 Å². The van der Waals surface area contributed by atoms with Gasteiger partial charge < -0.3 is 9.84 Å². The van der Waals surface area contributed by atoms with Crippen molar-refractivity contribution in [3.63, 3.8) is 0 Å². The maximum Gasteiger partial charge on any atom is 0.266 e. The lowest BCUT2D eigenvalue weighted by molar-refractivity contribution is 0.0893. The SMILES string of the molecule is CC(C)c1cccc(C(C)C)c1N1C(=O)c2cccc3c(Oc4ccc(O)cc4)ccc(c23)C1=O. The van der Waals surface area contributed by atoms with E-state index in [4.69, 9.17) is 4.74 Å². The van der Waals surface area contributed by atoms with Gasteiger partial charge in [-0.1, -0.05) is 58.0 Å². The van der Waals surface area contributed by atoms with E-state index in [1.54, 1.807) is 42.5 Å².